The van der Waals surface area contributed by atoms with Crippen LogP contribution in [0.3, 0.4) is 0 Å². The van der Waals surface area contributed by atoms with E-state index in [4.69, 9.17) is 14.6 Å². The van der Waals surface area contributed by atoms with Gasteiger partial charge in [0.2, 0.25) is 0 Å². The molecule has 1 aromatic carbocycles. The Bertz CT molecular complexity index is 505. The lowest BCUT2D eigenvalue weighted by Gasteiger charge is -2.26. The molecule has 1 rings (SSSR count). The first-order valence-electron chi connectivity index (χ1n) is 6.30. The summed E-state index contributed by atoms with van der Waals surface area (Å²) in [7, 11) is 1.88. The average Bonchev–Trinajstić information content (AvgIpc) is 2.37. The molecule has 1 unspecified atom stereocenters. The van der Waals surface area contributed by atoms with E-state index in [-0.39, 0.29) is 5.92 Å². The molecule has 2 N–H and O–H groups in total. The van der Waals surface area contributed by atoms with E-state index in [1.165, 1.54) is 0 Å². The van der Waals surface area contributed by atoms with Crippen LogP contribution in [0.15, 0.2) is 16.6 Å². The Morgan fingerprint density at radius 1 is 1.30 bits per heavy atom. The van der Waals surface area contributed by atoms with Crippen LogP contribution in [0.4, 0.5) is 0 Å². The maximum atomic E-state index is 11.6. The maximum absolute atomic E-state index is 11.6. The monoisotopic (exact) mass is 363 g/mol. The smallest absolute Gasteiger partial charge is 0.136 e. The molecule has 114 valence electrons. The van der Waals surface area contributed by atoms with Crippen LogP contribution in [-0.4, -0.2) is 23.2 Å². The molecule has 0 spiro atoms. The van der Waals surface area contributed by atoms with E-state index < -0.39 is 15.7 Å². The number of nitrogens with two attached hydrogens (primary N) is 1. The number of rotatable bonds is 6. The Morgan fingerprint density at radius 2 is 1.85 bits per heavy atom. The van der Waals surface area contributed by atoms with Gasteiger partial charge in [-0.05, 0) is 53.7 Å². The first kappa shape index (κ1) is 17.5. The summed E-state index contributed by atoms with van der Waals surface area (Å²) >= 11 is 3.48. The van der Waals surface area contributed by atoms with Gasteiger partial charge in [-0.25, -0.2) is 4.21 Å². The lowest BCUT2D eigenvalue weighted by atomic mass is 9.90. The summed E-state index contributed by atoms with van der Waals surface area (Å²) in [4.78, 5) is 0. The molecule has 0 aromatic heterocycles. The second-order valence-corrected chi connectivity index (χ2v) is 7.95. The molecular weight excluding hydrogens is 342 g/mol. The summed E-state index contributed by atoms with van der Waals surface area (Å²) < 4.78 is 22.7. The fraction of sp³-hybridized carbons (Fsp3) is 0.571. The van der Waals surface area contributed by atoms with Crippen molar-refractivity contribution in [3.05, 3.63) is 22.2 Å². The van der Waals surface area contributed by atoms with Gasteiger partial charge in [0.25, 0.3) is 0 Å². The molecule has 0 saturated carbocycles. The Hall–Kier alpha value is -0.590. The van der Waals surface area contributed by atoms with Crippen LogP contribution in [0, 0.1) is 0 Å². The fourth-order valence-corrected chi connectivity index (χ4v) is 3.14. The predicted molar refractivity (Wildman–Crippen MR) is 86.7 cm³/mol. The van der Waals surface area contributed by atoms with E-state index in [9.17, 15) is 4.21 Å². The highest BCUT2D eigenvalue weighted by molar-refractivity contribution is 9.10. The predicted octanol–water partition coefficient (Wildman–Crippen LogP) is 3.36. The molecule has 0 heterocycles. The molecule has 0 aliphatic rings. The number of methoxy groups -OCH3 is 2. The molecule has 0 fully saturated rings. The van der Waals surface area contributed by atoms with Gasteiger partial charge in [0.15, 0.2) is 0 Å². The van der Waals surface area contributed by atoms with Crippen molar-refractivity contribution in [2.24, 2.45) is 5.14 Å². The zero-order valence-corrected chi connectivity index (χ0v) is 14.9. The largest absolute Gasteiger partial charge is 0.496 e. The summed E-state index contributed by atoms with van der Waals surface area (Å²) in [5.41, 5.74) is 1.04. The van der Waals surface area contributed by atoms with Crippen LogP contribution in [0.2, 0.25) is 0 Å². The van der Waals surface area contributed by atoms with Crippen molar-refractivity contribution in [3.63, 3.8) is 0 Å². The third-order valence-electron chi connectivity index (χ3n) is 3.38. The van der Waals surface area contributed by atoms with Crippen molar-refractivity contribution in [1.82, 2.24) is 0 Å². The van der Waals surface area contributed by atoms with Crippen LogP contribution in [-0.2, 0) is 11.0 Å². The molecule has 0 amide bonds. The minimum Gasteiger partial charge on any atom is -0.496 e. The molecule has 6 heteroatoms. The van der Waals surface area contributed by atoms with Crippen LogP contribution in [0.25, 0.3) is 0 Å². The normalized spacial score (nSPS) is 14.8. The minimum absolute atomic E-state index is 0.162. The minimum atomic E-state index is -1.37. The van der Waals surface area contributed by atoms with Crippen LogP contribution >= 0.6 is 15.9 Å². The van der Waals surface area contributed by atoms with Crippen LogP contribution in [0.5, 0.6) is 11.5 Å². The van der Waals surface area contributed by atoms with Crippen molar-refractivity contribution in [1.29, 1.82) is 0 Å². The SMILES string of the molecule is COc1cc(OC)c([C@@H](C)CC(C)(C)S(N)=O)cc1Br. The highest BCUT2D eigenvalue weighted by Crippen LogP contribution is 2.39. The summed E-state index contributed by atoms with van der Waals surface area (Å²) in [6.45, 7) is 5.89. The Kier molecular flexibility index (Phi) is 6.04. The highest BCUT2D eigenvalue weighted by Gasteiger charge is 2.28. The van der Waals surface area contributed by atoms with Crippen LogP contribution < -0.4 is 14.6 Å². The molecule has 4 nitrogen and oxygen atoms in total. The third-order valence-corrected chi connectivity index (χ3v) is 5.25. The van der Waals surface area contributed by atoms with Gasteiger partial charge in [-0.2, -0.15) is 0 Å². The van der Waals surface area contributed by atoms with Gasteiger partial charge in [0, 0.05) is 6.07 Å². The zero-order valence-electron chi connectivity index (χ0n) is 12.5. The van der Waals surface area contributed by atoms with Crippen LogP contribution in [0.1, 0.15) is 38.7 Å². The second kappa shape index (κ2) is 6.91. The van der Waals surface area contributed by atoms with Gasteiger partial charge in [-0.3, -0.25) is 5.14 Å². The van der Waals surface area contributed by atoms with Crippen molar-refractivity contribution in [2.75, 3.05) is 14.2 Å². The van der Waals surface area contributed by atoms with E-state index in [0.29, 0.717) is 6.42 Å². The quantitative estimate of drug-likeness (QED) is 0.842. The zero-order chi connectivity index (χ0) is 15.5. The molecule has 20 heavy (non-hydrogen) atoms. The van der Waals surface area contributed by atoms with Gasteiger partial charge in [-0.1, -0.05) is 6.92 Å². The third kappa shape index (κ3) is 3.96. The molecular formula is C14H22BrNO3S. The van der Waals surface area contributed by atoms with Gasteiger partial charge in [-0.15, -0.1) is 0 Å². The molecule has 0 aliphatic carbocycles. The van der Waals surface area contributed by atoms with E-state index in [2.05, 4.69) is 22.9 Å². The van der Waals surface area contributed by atoms with Gasteiger partial charge >= 0.3 is 0 Å². The molecule has 0 bridgehead atoms. The molecule has 1 aromatic rings. The number of hydrogen-bond donors (Lipinski definition) is 1. The van der Waals surface area contributed by atoms with Gasteiger partial charge < -0.3 is 9.47 Å². The summed E-state index contributed by atoms with van der Waals surface area (Å²) in [6.07, 6.45) is 0.700. The van der Waals surface area contributed by atoms with Gasteiger partial charge in [0.05, 0.1) is 34.4 Å². The van der Waals surface area contributed by atoms with Crippen molar-refractivity contribution < 1.29 is 13.7 Å². The molecule has 0 aliphatic heterocycles. The molecule has 0 radical (unpaired) electrons. The standard InChI is InChI=1S/C14H22BrNO3S/c1-9(8-14(2,3)20(16)17)10-6-11(15)13(19-5)7-12(10)18-4/h6-7,9H,8,16H2,1-5H3/t9-,20?/m0/s1. The van der Waals surface area contributed by atoms with Crippen molar-refractivity contribution in [2.45, 2.75) is 37.9 Å². The maximum Gasteiger partial charge on any atom is 0.136 e. The summed E-state index contributed by atoms with van der Waals surface area (Å²) in [6, 6.07) is 3.83. The number of benzene rings is 1. The molecule has 0 saturated heterocycles. The Morgan fingerprint density at radius 3 is 2.30 bits per heavy atom. The first-order chi connectivity index (χ1) is 9.22. The number of ether oxygens (including phenoxy) is 2. The highest BCUT2D eigenvalue weighted by atomic mass is 79.9. The fourth-order valence-electron chi connectivity index (χ4n) is 2.20. The lowest BCUT2D eigenvalue weighted by Crippen LogP contribution is -2.33. The Balaban J connectivity index is 3.12. The second-order valence-electron chi connectivity index (χ2n) is 5.39. The number of halogens is 1. The van der Waals surface area contributed by atoms with E-state index >= 15 is 0 Å². The van der Waals surface area contributed by atoms with Crippen molar-refractivity contribution in [3.8, 4) is 11.5 Å². The van der Waals surface area contributed by atoms with Gasteiger partial charge in [0.1, 0.15) is 11.5 Å². The topological polar surface area (TPSA) is 61.6 Å². The molecule has 2 atom stereocenters. The lowest BCUT2D eigenvalue weighted by molar-refractivity contribution is 0.385. The van der Waals surface area contributed by atoms with E-state index in [1.807, 2.05) is 26.0 Å². The van der Waals surface area contributed by atoms with E-state index in [1.54, 1.807) is 14.2 Å². The first-order valence-corrected chi connectivity index (χ1v) is 8.31. The van der Waals surface area contributed by atoms with E-state index in [0.717, 1.165) is 21.5 Å². The average molecular weight is 364 g/mol. The summed E-state index contributed by atoms with van der Waals surface area (Å²) in [5.74, 6) is 1.64. The Labute approximate surface area is 131 Å². The summed E-state index contributed by atoms with van der Waals surface area (Å²) in [5, 5.41) is 5.55. The number of hydrogen-bond acceptors (Lipinski definition) is 3. The van der Waals surface area contributed by atoms with Crippen molar-refractivity contribution >= 4 is 26.9 Å².